The highest BCUT2D eigenvalue weighted by atomic mass is 16.6. The topological polar surface area (TPSA) is 84.4 Å². The molecule has 0 radical (unpaired) electrons. The molecule has 0 saturated heterocycles. The first-order valence-electron chi connectivity index (χ1n) is 9.72. The largest absolute Gasteiger partial charge is 0.444 e. The van der Waals surface area contributed by atoms with Crippen LogP contribution in [0.4, 0.5) is 4.79 Å². The third-order valence-electron chi connectivity index (χ3n) is 3.39. The first-order chi connectivity index (χ1) is 12.7. The molecule has 2 N–H and O–H groups in total. The fourth-order valence-electron chi connectivity index (χ4n) is 2.15. The number of nitrogens with one attached hydrogen (secondary N) is 2. The monoisotopic (exact) mass is 388 g/mol. The van der Waals surface area contributed by atoms with E-state index in [4.69, 9.17) is 14.2 Å². The van der Waals surface area contributed by atoms with Gasteiger partial charge in [0, 0.05) is 46.9 Å². The molecule has 160 valence electrons. The van der Waals surface area contributed by atoms with Gasteiger partial charge < -0.3 is 29.7 Å². The maximum Gasteiger partial charge on any atom is 0.410 e. The van der Waals surface area contributed by atoms with Gasteiger partial charge in [0.2, 0.25) is 0 Å². The van der Waals surface area contributed by atoms with E-state index in [0.29, 0.717) is 32.9 Å². The number of nitrogens with zero attached hydrogens (tertiary/aromatic N) is 2. The Morgan fingerprint density at radius 3 is 2.48 bits per heavy atom. The summed E-state index contributed by atoms with van der Waals surface area (Å²) in [4.78, 5) is 18.2. The van der Waals surface area contributed by atoms with Crippen molar-refractivity contribution in [3.63, 3.8) is 0 Å². The lowest BCUT2D eigenvalue weighted by molar-refractivity contribution is 0.0279. The number of guanidine groups is 1. The van der Waals surface area contributed by atoms with Crippen molar-refractivity contribution in [2.45, 2.75) is 46.6 Å². The number of carbonyl (C=O) groups is 1. The number of amides is 1. The van der Waals surface area contributed by atoms with Crippen LogP contribution in [0.1, 0.15) is 41.0 Å². The Hall–Kier alpha value is -1.54. The number of rotatable bonds is 12. The van der Waals surface area contributed by atoms with Crippen LogP contribution in [0, 0.1) is 5.92 Å². The van der Waals surface area contributed by atoms with E-state index in [1.165, 1.54) is 0 Å². The Morgan fingerprint density at radius 1 is 1.19 bits per heavy atom. The van der Waals surface area contributed by atoms with Gasteiger partial charge in [-0.05, 0) is 40.0 Å². The zero-order valence-corrected chi connectivity index (χ0v) is 18.3. The molecule has 8 heteroatoms. The molecule has 0 heterocycles. The second kappa shape index (κ2) is 14.5. The summed E-state index contributed by atoms with van der Waals surface area (Å²) in [5.41, 5.74) is -0.484. The summed E-state index contributed by atoms with van der Waals surface area (Å²) in [6.07, 6.45) is 0.585. The molecule has 0 aromatic rings. The molecule has 0 rings (SSSR count). The van der Waals surface area contributed by atoms with E-state index in [-0.39, 0.29) is 12.0 Å². The minimum absolute atomic E-state index is 0.218. The summed E-state index contributed by atoms with van der Waals surface area (Å²) in [6.45, 7) is 14.4. The van der Waals surface area contributed by atoms with E-state index >= 15 is 0 Å². The SMILES string of the molecule is CCNC(=NCC(C)CN(C)C(=O)OC(C)(C)C)NCCCOCCOC. The normalized spacial score (nSPS) is 13.2. The zero-order chi connectivity index (χ0) is 20.7. The predicted octanol–water partition coefficient (Wildman–Crippen LogP) is 2.10. The maximum atomic E-state index is 12.0. The highest BCUT2D eigenvalue weighted by Crippen LogP contribution is 2.10. The Kier molecular flexibility index (Phi) is 13.7. The van der Waals surface area contributed by atoms with Crippen molar-refractivity contribution in [2.24, 2.45) is 10.9 Å². The van der Waals surface area contributed by atoms with Gasteiger partial charge in [-0.3, -0.25) is 4.99 Å². The van der Waals surface area contributed by atoms with Crippen LogP contribution < -0.4 is 10.6 Å². The molecular weight excluding hydrogens is 348 g/mol. The van der Waals surface area contributed by atoms with Gasteiger partial charge in [0.05, 0.1) is 13.2 Å². The summed E-state index contributed by atoms with van der Waals surface area (Å²) >= 11 is 0. The molecule has 0 aromatic heterocycles. The first-order valence-corrected chi connectivity index (χ1v) is 9.72. The summed E-state index contributed by atoms with van der Waals surface area (Å²) in [5, 5.41) is 6.53. The van der Waals surface area contributed by atoms with E-state index in [1.54, 1.807) is 19.1 Å². The third kappa shape index (κ3) is 15.2. The zero-order valence-electron chi connectivity index (χ0n) is 18.3. The van der Waals surface area contributed by atoms with Gasteiger partial charge in [-0.15, -0.1) is 0 Å². The Morgan fingerprint density at radius 2 is 1.89 bits per heavy atom. The van der Waals surface area contributed by atoms with Gasteiger partial charge in [-0.2, -0.15) is 0 Å². The summed E-state index contributed by atoms with van der Waals surface area (Å²) in [7, 11) is 3.41. The Bertz CT molecular complexity index is 424. The molecule has 0 aromatic carbocycles. The number of methoxy groups -OCH3 is 1. The van der Waals surface area contributed by atoms with Crippen LogP contribution in [0.15, 0.2) is 4.99 Å². The van der Waals surface area contributed by atoms with E-state index in [0.717, 1.165) is 25.5 Å². The molecule has 1 unspecified atom stereocenters. The molecule has 8 nitrogen and oxygen atoms in total. The highest BCUT2D eigenvalue weighted by molar-refractivity contribution is 5.79. The molecular formula is C19H40N4O4. The van der Waals surface area contributed by atoms with Crippen molar-refractivity contribution in [1.82, 2.24) is 15.5 Å². The van der Waals surface area contributed by atoms with Crippen LogP contribution in [-0.4, -0.2) is 82.7 Å². The molecule has 0 bridgehead atoms. The van der Waals surface area contributed by atoms with Crippen molar-refractivity contribution in [3.8, 4) is 0 Å². The summed E-state index contributed by atoms with van der Waals surface area (Å²) < 4.78 is 15.7. The first kappa shape index (κ1) is 25.5. The van der Waals surface area contributed by atoms with Gasteiger partial charge in [-0.25, -0.2) is 4.79 Å². The number of ether oxygens (including phenoxy) is 3. The van der Waals surface area contributed by atoms with E-state index < -0.39 is 5.60 Å². The summed E-state index contributed by atoms with van der Waals surface area (Å²) in [6, 6.07) is 0. The van der Waals surface area contributed by atoms with Gasteiger partial charge >= 0.3 is 6.09 Å². The standard InChI is InChI=1S/C19H40N4O4/c1-8-20-17(21-10-9-11-26-13-12-25-7)22-14-16(2)15-23(6)18(24)27-19(3,4)5/h16H,8-15H2,1-7H3,(H2,20,21,22). The highest BCUT2D eigenvalue weighted by Gasteiger charge is 2.20. The van der Waals surface area contributed by atoms with Crippen LogP contribution in [0.25, 0.3) is 0 Å². The molecule has 0 aliphatic heterocycles. The number of hydrogen-bond donors (Lipinski definition) is 2. The molecule has 0 aliphatic rings. The van der Waals surface area contributed by atoms with Crippen LogP contribution >= 0.6 is 0 Å². The average molecular weight is 389 g/mol. The van der Waals surface area contributed by atoms with Crippen LogP contribution in [0.3, 0.4) is 0 Å². The number of aliphatic imine (C=N–C) groups is 1. The third-order valence-corrected chi connectivity index (χ3v) is 3.39. The lowest BCUT2D eigenvalue weighted by atomic mass is 10.2. The second-order valence-electron chi connectivity index (χ2n) is 7.57. The fraction of sp³-hybridized carbons (Fsp3) is 0.895. The van der Waals surface area contributed by atoms with Crippen LogP contribution in [0.2, 0.25) is 0 Å². The molecule has 0 spiro atoms. The maximum absolute atomic E-state index is 12.0. The predicted molar refractivity (Wildman–Crippen MR) is 109 cm³/mol. The molecule has 0 saturated carbocycles. The van der Waals surface area contributed by atoms with Gasteiger partial charge in [0.1, 0.15) is 5.60 Å². The van der Waals surface area contributed by atoms with Gasteiger partial charge in [-0.1, -0.05) is 6.92 Å². The van der Waals surface area contributed by atoms with Crippen LogP contribution in [0.5, 0.6) is 0 Å². The van der Waals surface area contributed by atoms with Crippen molar-refractivity contribution in [1.29, 1.82) is 0 Å². The molecule has 0 fully saturated rings. The molecule has 0 aliphatic carbocycles. The fourth-order valence-corrected chi connectivity index (χ4v) is 2.15. The smallest absolute Gasteiger partial charge is 0.410 e. The average Bonchev–Trinajstić information content (AvgIpc) is 2.57. The van der Waals surface area contributed by atoms with Crippen molar-refractivity contribution in [3.05, 3.63) is 0 Å². The van der Waals surface area contributed by atoms with E-state index in [2.05, 4.69) is 22.5 Å². The molecule has 1 atom stereocenters. The second-order valence-corrected chi connectivity index (χ2v) is 7.57. The lowest BCUT2D eigenvalue weighted by Gasteiger charge is -2.26. The number of hydrogen-bond acceptors (Lipinski definition) is 5. The number of carbonyl (C=O) groups excluding carboxylic acids is 1. The van der Waals surface area contributed by atoms with Crippen molar-refractivity contribution >= 4 is 12.1 Å². The molecule has 27 heavy (non-hydrogen) atoms. The summed E-state index contributed by atoms with van der Waals surface area (Å²) in [5.74, 6) is 0.997. The minimum atomic E-state index is -0.484. The van der Waals surface area contributed by atoms with E-state index in [1.807, 2.05) is 27.7 Å². The minimum Gasteiger partial charge on any atom is -0.444 e. The Balaban J connectivity index is 4.22. The van der Waals surface area contributed by atoms with E-state index in [9.17, 15) is 4.79 Å². The van der Waals surface area contributed by atoms with Gasteiger partial charge in [0.25, 0.3) is 0 Å². The van der Waals surface area contributed by atoms with Crippen molar-refractivity contribution < 1.29 is 19.0 Å². The van der Waals surface area contributed by atoms with Gasteiger partial charge in [0.15, 0.2) is 5.96 Å². The quantitative estimate of drug-likeness (QED) is 0.303. The lowest BCUT2D eigenvalue weighted by Crippen LogP contribution is -2.39. The Labute approximate surface area is 165 Å². The van der Waals surface area contributed by atoms with Crippen LogP contribution in [-0.2, 0) is 14.2 Å². The molecule has 1 amide bonds. The van der Waals surface area contributed by atoms with Crippen molar-refractivity contribution in [2.75, 3.05) is 60.2 Å².